The summed E-state index contributed by atoms with van der Waals surface area (Å²) in [6.07, 6.45) is 0. The number of fused-ring (bicyclic) bond motifs is 4. The van der Waals surface area contributed by atoms with E-state index in [0.29, 0.717) is 0 Å². The molecule has 0 saturated heterocycles. The summed E-state index contributed by atoms with van der Waals surface area (Å²) in [4.78, 5) is 9.46. The zero-order chi connectivity index (χ0) is 16.5. The van der Waals surface area contributed by atoms with Crippen LogP contribution >= 0.6 is 0 Å². The molecular formula is C20H19N3O. The Morgan fingerprint density at radius 3 is 2.67 bits per heavy atom. The van der Waals surface area contributed by atoms with E-state index in [4.69, 9.17) is 9.40 Å². The highest BCUT2D eigenvalue weighted by atomic mass is 16.3. The van der Waals surface area contributed by atoms with E-state index in [0.717, 1.165) is 57.5 Å². The third-order valence-corrected chi connectivity index (χ3v) is 4.08. The fraction of sp³-hybridized carbons (Fsp3) is 0.200. The molecule has 0 bridgehead atoms. The summed E-state index contributed by atoms with van der Waals surface area (Å²) in [5, 5.41) is 6.44. The highest BCUT2D eigenvalue weighted by molar-refractivity contribution is 5.96. The predicted molar refractivity (Wildman–Crippen MR) is 98.4 cm³/mol. The molecule has 0 saturated carbocycles. The van der Waals surface area contributed by atoms with E-state index in [1.54, 1.807) is 0 Å². The summed E-state index contributed by atoms with van der Waals surface area (Å²) < 4.78 is 6.17. The monoisotopic (exact) mass is 317 g/mol. The van der Waals surface area contributed by atoms with Crippen molar-refractivity contribution in [1.82, 2.24) is 4.98 Å². The summed E-state index contributed by atoms with van der Waals surface area (Å²) in [7, 11) is 0. The fourth-order valence-corrected chi connectivity index (χ4v) is 3.05. The minimum atomic E-state index is 0.737. The molecule has 2 aliphatic rings. The summed E-state index contributed by atoms with van der Waals surface area (Å²) in [6, 6.07) is 16.2. The van der Waals surface area contributed by atoms with Crippen molar-refractivity contribution in [2.45, 2.75) is 13.8 Å². The van der Waals surface area contributed by atoms with Gasteiger partial charge in [-0.15, -0.1) is 0 Å². The molecule has 0 aromatic heterocycles. The van der Waals surface area contributed by atoms with Crippen molar-refractivity contribution >= 4 is 27.6 Å². The van der Waals surface area contributed by atoms with Crippen LogP contribution in [-0.2, 0) is 0 Å². The fourth-order valence-electron chi connectivity index (χ4n) is 3.05. The Bertz CT molecular complexity index is 1070. The number of nitrogens with zero attached hydrogens (tertiary/aromatic N) is 2. The largest absolute Gasteiger partial charge is 0.453 e. The van der Waals surface area contributed by atoms with Crippen LogP contribution in [0.5, 0.6) is 0 Å². The van der Waals surface area contributed by atoms with Crippen molar-refractivity contribution in [3.63, 3.8) is 0 Å². The summed E-state index contributed by atoms with van der Waals surface area (Å²) in [5.41, 5.74) is 3.55. The third-order valence-electron chi connectivity index (χ3n) is 4.08. The van der Waals surface area contributed by atoms with Crippen molar-refractivity contribution in [3.05, 3.63) is 53.9 Å². The molecular weight excluding hydrogens is 298 g/mol. The molecule has 4 heteroatoms. The number of aromatic nitrogens is 1. The van der Waals surface area contributed by atoms with Gasteiger partial charge in [0.05, 0.1) is 5.36 Å². The van der Waals surface area contributed by atoms with Crippen LogP contribution in [-0.4, -0.2) is 18.1 Å². The first-order valence-corrected chi connectivity index (χ1v) is 8.31. The highest BCUT2D eigenvalue weighted by Gasteiger charge is 2.14. The van der Waals surface area contributed by atoms with Crippen LogP contribution in [0.25, 0.3) is 33.3 Å². The molecule has 0 amide bonds. The summed E-state index contributed by atoms with van der Waals surface area (Å²) in [5.74, 6) is 0.766. The van der Waals surface area contributed by atoms with Gasteiger partial charge >= 0.3 is 0 Å². The molecule has 120 valence electrons. The molecule has 1 aliphatic carbocycles. The van der Waals surface area contributed by atoms with Crippen molar-refractivity contribution in [2.75, 3.05) is 18.4 Å². The number of anilines is 1. The molecule has 0 spiro atoms. The molecule has 24 heavy (non-hydrogen) atoms. The number of rotatable bonds is 3. The topological polar surface area (TPSA) is 50.4 Å². The van der Waals surface area contributed by atoms with Gasteiger partial charge in [-0.25, -0.2) is 4.98 Å². The maximum atomic E-state index is 6.17. The Hall–Kier alpha value is -2.88. The third kappa shape index (κ3) is 2.40. The van der Waals surface area contributed by atoms with Crippen LogP contribution < -0.4 is 10.7 Å². The maximum Gasteiger partial charge on any atom is 0.155 e. The van der Waals surface area contributed by atoms with Crippen LogP contribution in [0.3, 0.4) is 0 Å². The quantitative estimate of drug-likeness (QED) is 0.449. The van der Waals surface area contributed by atoms with Gasteiger partial charge in [0.15, 0.2) is 11.3 Å². The van der Waals surface area contributed by atoms with Gasteiger partial charge in [-0.3, -0.25) is 4.99 Å². The minimum absolute atomic E-state index is 0.737. The van der Waals surface area contributed by atoms with Gasteiger partial charge in [-0.05, 0) is 26.0 Å². The van der Waals surface area contributed by atoms with Gasteiger partial charge in [0.1, 0.15) is 11.2 Å². The van der Waals surface area contributed by atoms with E-state index < -0.39 is 0 Å². The van der Waals surface area contributed by atoms with E-state index in [-0.39, 0.29) is 0 Å². The van der Waals surface area contributed by atoms with E-state index in [2.05, 4.69) is 29.4 Å². The predicted octanol–water partition coefficient (Wildman–Crippen LogP) is 4.44. The average Bonchev–Trinajstić information content (AvgIpc) is 2.61. The second-order valence-electron chi connectivity index (χ2n) is 5.69. The van der Waals surface area contributed by atoms with E-state index >= 15 is 0 Å². The molecule has 4 rings (SSSR count). The first kappa shape index (κ1) is 14.7. The van der Waals surface area contributed by atoms with Gasteiger partial charge in [0.25, 0.3) is 0 Å². The van der Waals surface area contributed by atoms with Crippen LogP contribution in [0.2, 0.25) is 0 Å². The molecule has 2 aromatic carbocycles. The first-order chi connectivity index (χ1) is 11.8. The van der Waals surface area contributed by atoms with Crippen LogP contribution in [0, 0.1) is 0 Å². The van der Waals surface area contributed by atoms with Gasteiger partial charge in [0, 0.05) is 41.7 Å². The van der Waals surface area contributed by atoms with Crippen LogP contribution in [0.15, 0.2) is 57.9 Å². The molecule has 2 aromatic rings. The van der Waals surface area contributed by atoms with Crippen molar-refractivity contribution < 1.29 is 4.42 Å². The Kier molecular flexibility index (Phi) is 3.65. The average molecular weight is 317 g/mol. The lowest BCUT2D eigenvalue weighted by Crippen LogP contribution is -2.07. The number of benzene rings is 3. The highest BCUT2D eigenvalue weighted by Crippen LogP contribution is 2.30. The van der Waals surface area contributed by atoms with Crippen molar-refractivity contribution in [3.8, 4) is 11.5 Å². The van der Waals surface area contributed by atoms with E-state index in [1.165, 1.54) is 0 Å². The SMILES string of the molecule is CCN=c1cc2oc3cc(NCC)ccc3nc-2c2ccccc12. The molecule has 0 unspecified atom stereocenters. The molecule has 0 fully saturated rings. The Balaban J connectivity index is 2.09. The van der Waals surface area contributed by atoms with Crippen LogP contribution in [0.4, 0.5) is 5.69 Å². The Labute approximate surface area is 140 Å². The molecule has 4 nitrogen and oxygen atoms in total. The smallest absolute Gasteiger partial charge is 0.155 e. The molecule has 1 N–H and O–H groups in total. The first-order valence-electron chi connectivity index (χ1n) is 8.31. The minimum Gasteiger partial charge on any atom is -0.453 e. The van der Waals surface area contributed by atoms with E-state index in [9.17, 15) is 0 Å². The summed E-state index contributed by atoms with van der Waals surface area (Å²) >= 11 is 0. The second kappa shape index (κ2) is 5.96. The second-order valence-corrected chi connectivity index (χ2v) is 5.69. The van der Waals surface area contributed by atoms with E-state index in [1.807, 2.05) is 43.3 Å². The molecule has 1 aliphatic heterocycles. The zero-order valence-electron chi connectivity index (χ0n) is 13.8. The molecule has 1 heterocycles. The Morgan fingerprint density at radius 2 is 1.88 bits per heavy atom. The lowest BCUT2D eigenvalue weighted by Gasteiger charge is -2.11. The maximum absolute atomic E-state index is 6.17. The Morgan fingerprint density at radius 1 is 1.04 bits per heavy atom. The van der Waals surface area contributed by atoms with Crippen molar-refractivity contribution in [2.24, 2.45) is 4.99 Å². The lowest BCUT2D eigenvalue weighted by molar-refractivity contribution is 0.613. The molecule has 0 radical (unpaired) electrons. The van der Waals surface area contributed by atoms with Crippen molar-refractivity contribution in [1.29, 1.82) is 0 Å². The normalized spacial score (nSPS) is 12.3. The standard InChI is InChI=1S/C20H19N3O/c1-3-21-13-9-10-16-18(11-13)24-19-12-17(22-4-2)14-7-5-6-8-15(14)20(19)23-16/h5-12,21H,3-4H2,1-2H3. The summed E-state index contributed by atoms with van der Waals surface area (Å²) in [6.45, 7) is 5.72. The number of hydrogen-bond acceptors (Lipinski definition) is 4. The zero-order valence-corrected chi connectivity index (χ0v) is 13.8. The van der Waals surface area contributed by atoms with Gasteiger partial charge in [-0.1, -0.05) is 24.3 Å². The van der Waals surface area contributed by atoms with Gasteiger partial charge < -0.3 is 9.73 Å². The van der Waals surface area contributed by atoms with Crippen LogP contribution in [0.1, 0.15) is 13.8 Å². The lowest BCUT2D eigenvalue weighted by atomic mass is 10.0. The van der Waals surface area contributed by atoms with Gasteiger partial charge in [0.2, 0.25) is 0 Å². The number of hydrogen-bond donors (Lipinski definition) is 1. The number of nitrogens with one attached hydrogen (secondary N) is 1. The molecule has 0 atom stereocenters. The van der Waals surface area contributed by atoms with Gasteiger partial charge in [-0.2, -0.15) is 0 Å².